The maximum absolute atomic E-state index is 12.4. The SMILES string of the molecule is COc1ccc(-c2noc(CCCC(=O)N(C)Cc3ccc4c(c3)OCO4)n2)cc1. The van der Waals surface area contributed by atoms with Crippen molar-refractivity contribution in [1.82, 2.24) is 15.0 Å². The standard InChI is InChI=1S/C22H23N3O5/c1-25(13-15-6-11-18-19(12-15)29-14-28-18)21(26)5-3-4-20-23-22(24-30-20)16-7-9-17(27-2)10-8-16/h6-12H,3-5,13-14H2,1-2H3. The van der Waals surface area contributed by atoms with Crippen molar-refractivity contribution in [1.29, 1.82) is 0 Å². The Balaban J connectivity index is 1.25. The summed E-state index contributed by atoms with van der Waals surface area (Å²) in [5.74, 6) is 3.33. The zero-order chi connectivity index (χ0) is 20.9. The van der Waals surface area contributed by atoms with Gasteiger partial charge in [-0.2, -0.15) is 4.98 Å². The van der Waals surface area contributed by atoms with E-state index in [1.165, 1.54) is 0 Å². The Hall–Kier alpha value is -3.55. The molecule has 1 aliphatic heterocycles. The first-order valence-corrected chi connectivity index (χ1v) is 9.72. The van der Waals surface area contributed by atoms with E-state index in [4.69, 9.17) is 18.7 Å². The minimum atomic E-state index is 0.0579. The van der Waals surface area contributed by atoms with Crippen LogP contribution < -0.4 is 14.2 Å². The van der Waals surface area contributed by atoms with Gasteiger partial charge in [0, 0.05) is 32.0 Å². The number of amides is 1. The maximum Gasteiger partial charge on any atom is 0.231 e. The number of aryl methyl sites for hydroxylation is 1. The summed E-state index contributed by atoms with van der Waals surface area (Å²) in [7, 11) is 3.41. The second-order valence-corrected chi connectivity index (χ2v) is 7.03. The Labute approximate surface area is 174 Å². The summed E-state index contributed by atoms with van der Waals surface area (Å²) in [4.78, 5) is 18.6. The van der Waals surface area contributed by atoms with E-state index in [1.54, 1.807) is 19.1 Å². The molecule has 1 aliphatic rings. The molecule has 2 aromatic carbocycles. The van der Waals surface area contributed by atoms with E-state index >= 15 is 0 Å². The highest BCUT2D eigenvalue weighted by atomic mass is 16.7. The van der Waals surface area contributed by atoms with E-state index in [0.29, 0.717) is 37.5 Å². The third kappa shape index (κ3) is 4.53. The maximum atomic E-state index is 12.4. The number of hydrogen-bond donors (Lipinski definition) is 0. The van der Waals surface area contributed by atoms with Gasteiger partial charge in [-0.1, -0.05) is 11.2 Å². The third-order valence-corrected chi connectivity index (χ3v) is 4.88. The number of carbonyl (C=O) groups excluding carboxylic acids is 1. The van der Waals surface area contributed by atoms with Crippen LogP contribution in [0, 0.1) is 0 Å². The van der Waals surface area contributed by atoms with Crippen LogP contribution in [0.3, 0.4) is 0 Å². The molecule has 0 spiro atoms. The molecule has 0 aliphatic carbocycles. The number of carbonyl (C=O) groups is 1. The highest BCUT2D eigenvalue weighted by Crippen LogP contribution is 2.32. The summed E-state index contributed by atoms with van der Waals surface area (Å²) in [5.41, 5.74) is 1.85. The van der Waals surface area contributed by atoms with Gasteiger partial charge in [0.1, 0.15) is 5.75 Å². The predicted octanol–water partition coefficient (Wildman–Crippen LogP) is 3.46. The van der Waals surface area contributed by atoms with E-state index in [-0.39, 0.29) is 12.7 Å². The highest BCUT2D eigenvalue weighted by molar-refractivity contribution is 5.75. The summed E-state index contributed by atoms with van der Waals surface area (Å²) in [6.45, 7) is 0.751. The molecule has 0 atom stereocenters. The first-order chi connectivity index (χ1) is 14.6. The van der Waals surface area contributed by atoms with Crippen molar-refractivity contribution in [3.63, 3.8) is 0 Å². The fourth-order valence-corrected chi connectivity index (χ4v) is 3.20. The largest absolute Gasteiger partial charge is 0.497 e. The van der Waals surface area contributed by atoms with Gasteiger partial charge in [0.25, 0.3) is 0 Å². The Bertz CT molecular complexity index is 1020. The molecule has 0 saturated carbocycles. The Morgan fingerprint density at radius 3 is 2.73 bits per heavy atom. The third-order valence-electron chi connectivity index (χ3n) is 4.88. The van der Waals surface area contributed by atoms with E-state index in [1.807, 2.05) is 42.5 Å². The molecule has 1 amide bonds. The molecule has 0 saturated heterocycles. The van der Waals surface area contributed by atoms with Crippen molar-refractivity contribution in [3.05, 3.63) is 53.9 Å². The molecule has 0 unspecified atom stereocenters. The summed E-state index contributed by atoms with van der Waals surface area (Å²) < 4.78 is 21.2. The summed E-state index contributed by atoms with van der Waals surface area (Å²) in [6.07, 6.45) is 1.59. The van der Waals surface area contributed by atoms with Gasteiger partial charge in [-0.15, -0.1) is 0 Å². The van der Waals surface area contributed by atoms with Gasteiger partial charge in [0.15, 0.2) is 11.5 Å². The van der Waals surface area contributed by atoms with E-state index in [2.05, 4.69) is 10.1 Å². The Morgan fingerprint density at radius 1 is 1.13 bits per heavy atom. The lowest BCUT2D eigenvalue weighted by Crippen LogP contribution is -2.25. The quantitative estimate of drug-likeness (QED) is 0.563. The van der Waals surface area contributed by atoms with Gasteiger partial charge in [0.05, 0.1) is 7.11 Å². The molecule has 8 heteroatoms. The zero-order valence-corrected chi connectivity index (χ0v) is 17.0. The highest BCUT2D eigenvalue weighted by Gasteiger charge is 2.16. The predicted molar refractivity (Wildman–Crippen MR) is 108 cm³/mol. The zero-order valence-electron chi connectivity index (χ0n) is 17.0. The molecule has 0 bridgehead atoms. The van der Waals surface area contributed by atoms with Crippen molar-refractivity contribution in [2.45, 2.75) is 25.8 Å². The fourth-order valence-electron chi connectivity index (χ4n) is 3.20. The lowest BCUT2D eigenvalue weighted by atomic mass is 10.1. The molecular formula is C22H23N3O5. The average molecular weight is 409 g/mol. The van der Waals surface area contributed by atoms with Crippen molar-refractivity contribution < 1.29 is 23.5 Å². The number of hydrogen-bond acceptors (Lipinski definition) is 7. The number of fused-ring (bicyclic) bond motifs is 1. The lowest BCUT2D eigenvalue weighted by Gasteiger charge is -2.17. The molecule has 3 aromatic rings. The van der Waals surface area contributed by atoms with Gasteiger partial charge in [0.2, 0.25) is 24.4 Å². The van der Waals surface area contributed by atoms with Crippen LogP contribution in [0.25, 0.3) is 11.4 Å². The Morgan fingerprint density at radius 2 is 1.93 bits per heavy atom. The van der Waals surface area contributed by atoms with Crippen molar-refractivity contribution in [2.75, 3.05) is 21.0 Å². The molecular weight excluding hydrogens is 386 g/mol. The van der Waals surface area contributed by atoms with Crippen molar-refractivity contribution in [2.24, 2.45) is 0 Å². The summed E-state index contributed by atoms with van der Waals surface area (Å²) in [6, 6.07) is 13.2. The number of nitrogens with zero attached hydrogens (tertiary/aromatic N) is 3. The monoisotopic (exact) mass is 409 g/mol. The fraction of sp³-hybridized carbons (Fsp3) is 0.318. The average Bonchev–Trinajstić information content (AvgIpc) is 3.43. The van der Waals surface area contributed by atoms with E-state index in [9.17, 15) is 4.79 Å². The van der Waals surface area contributed by atoms with Gasteiger partial charge >= 0.3 is 0 Å². The minimum absolute atomic E-state index is 0.0579. The molecule has 1 aromatic heterocycles. The normalized spacial score (nSPS) is 12.1. The number of ether oxygens (including phenoxy) is 3. The van der Waals surface area contributed by atoms with Gasteiger partial charge < -0.3 is 23.6 Å². The van der Waals surface area contributed by atoms with Gasteiger partial charge in [-0.25, -0.2) is 0 Å². The summed E-state index contributed by atoms with van der Waals surface area (Å²) in [5, 5.41) is 4.01. The molecule has 30 heavy (non-hydrogen) atoms. The van der Waals surface area contributed by atoms with Crippen LogP contribution in [0.1, 0.15) is 24.3 Å². The van der Waals surface area contributed by atoms with Gasteiger partial charge in [-0.3, -0.25) is 4.79 Å². The molecule has 2 heterocycles. The van der Waals surface area contributed by atoms with Crippen molar-refractivity contribution >= 4 is 5.91 Å². The Kier molecular flexibility index (Phi) is 5.83. The molecule has 0 N–H and O–H groups in total. The second kappa shape index (κ2) is 8.86. The second-order valence-electron chi connectivity index (χ2n) is 7.03. The van der Waals surface area contributed by atoms with Crippen LogP contribution in [0.4, 0.5) is 0 Å². The van der Waals surface area contributed by atoms with Crippen LogP contribution in [0.15, 0.2) is 47.0 Å². The molecule has 4 rings (SSSR count). The number of benzene rings is 2. The van der Waals surface area contributed by atoms with Crippen LogP contribution in [-0.4, -0.2) is 41.9 Å². The first kappa shape index (κ1) is 19.8. The number of rotatable bonds is 8. The number of aromatic nitrogens is 2. The van der Waals surface area contributed by atoms with Crippen molar-refractivity contribution in [3.8, 4) is 28.6 Å². The molecule has 0 radical (unpaired) electrons. The van der Waals surface area contributed by atoms with Crippen LogP contribution >= 0.6 is 0 Å². The molecule has 0 fully saturated rings. The van der Waals surface area contributed by atoms with E-state index in [0.717, 1.165) is 28.4 Å². The first-order valence-electron chi connectivity index (χ1n) is 9.72. The minimum Gasteiger partial charge on any atom is -0.497 e. The van der Waals surface area contributed by atoms with Crippen LogP contribution in [-0.2, 0) is 17.8 Å². The molecule has 8 nitrogen and oxygen atoms in total. The topological polar surface area (TPSA) is 86.9 Å². The smallest absolute Gasteiger partial charge is 0.231 e. The lowest BCUT2D eigenvalue weighted by molar-refractivity contribution is -0.130. The van der Waals surface area contributed by atoms with Gasteiger partial charge in [-0.05, 0) is 48.4 Å². The molecule has 156 valence electrons. The van der Waals surface area contributed by atoms with Crippen LogP contribution in [0.5, 0.6) is 17.2 Å². The van der Waals surface area contributed by atoms with E-state index < -0.39 is 0 Å². The van der Waals surface area contributed by atoms with Crippen LogP contribution in [0.2, 0.25) is 0 Å². The summed E-state index contributed by atoms with van der Waals surface area (Å²) >= 11 is 0. The number of methoxy groups -OCH3 is 1.